The topological polar surface area (TPSA) is 63.0 Å². The van der Waals surface area contributed by atoms with Crippen LogP contribution in [0.3, 0.4) is 0 Å². The zero-order chi connectivity index (χ0) is 27.8. The van der Waals surface area contributed by atoms with Gasteiger partial charge in [-0.2, -0.15) is 0 Å². The second kappa shape index (κ2) is 13.8. The number of carbonyl (C=O) groups is 1. The Morgan fingerprint density at radius 3 is 2.38 bits per heavy atom. The fraction of sp³-hybridized carbons (Fsp3) is 0.515. The Kier molecular flexibility index (Phi) is 10.2. The summed E-state index contributed by atoms with van der Waals surface area (Å²) in [6, 6.07) is 14.5. The molecule has 1 aliphatic rings. The van der Waals surface area contributed by atoms with E-state index in [2.05, 4.69) is 32.6 Å². The van der Waals surface area contributed by atoms with Gasteiger partial charge in [0.2, 0.25) is 5.76 Å². The number of ether oxygens (including phenoxy) is 1. The van der Waals surface area contributed by atoms with E-state index >= 15 is 0 Å². The number of unbranched alkanes of at least 4 members (excludes halogenated alkanes) is 2. The predicted molar refractivity (Wildman–Crippen MR) is 158 cm³/mol. The van der Waals surface area contributed by atoms with E-state index in [0.29, 0.717) is 35.6 Å². The van der Waals surface area contributed by atoms with Crippen LogP contribution in [0.2, 0.25) is 0 Å². The normalized spacial score (nSPS) is 15.1. The smallest absolute Gasteiger partial charge is 0.290 e. The van der Waals surface area contributed by atoms with Gasteiger partial charge in [-0.15, -0.1) is 0 Å². The first-order chi connectivity index (χ1) is 18.9. The van der Waals surface area contributed by atoms with E-state index in [0.717, 1.165) is 43.8 Å². The summed E-state index contributed by atoms with van der Waals surface area (Å²) in [6.07, 6.45) is 6.48. The molecule has 1 unspecified atom stereocenters. The molecule has 2 heterocycles. The van der Waals surface area contributed by atoms with Crippen LogP contribution in [0.4, 0.5) is 0 Å². The number of hydrogen-bond acceptors (Lipinski definition) is 5. The van der Waals surface area contributed by atoms with Crippen molar-refractivity contribution < 1.29 is 13.9 Å². The second-order valence-electron chi connectivity index (χ2n) is 11.1. The standard InChI is InChI=1S/C33H44N2O4/c1-5-7-18-34(19-8-6-2)20-12-21-35-30(25-13-11-14-26(23-25)38-22-17-24(3)4)29-31(36)27-15-9-10-16-28(27)39-32(29)33(35)37/h9-11,13-16,23-24,30H,5-8,12,17-22H2,1-4H3. The van der Waals surface area contributed by atoms with E-state index in [1.807, 2.05) is 41.3 Å². The molecule has 0 aliphatic carbocycles. The van der Waals surface area contributed by atoms with Crippen molar-refractivity contribution >= 4 is 16.9 Å². The van der Waals surface area contributed by atoms with Crippen LogP contribution in [0.25, 0.3) is 11.0 Å². The van der Waals surface area contributed by atoms with Gasteiger partial charge >= 0.3 is 0 Å². The monoisotopic (exact) mass is 532 g/mol. The number of nitrogens with zero attached hydrogens (tertiary/aromatic N) is 2. The lowest BCUT2D eigenvalue weighted by Crippen LogP contribution is -2.34. The number of amides is 1. The van der Waals surface area contributed by atoms with Gasteiger partial charge in [0, 0.05) is 6.54 Å². The third kappa shape index (κ3) is 6.91. The minimum Gasteiger partial charge on any atom is -0.494 e. The Morgan fingerprint density at radius 2 is 1.67 bits per heavy atom. The summed E-state index contributed by atoms with van der Waals surface area (Å²) in [5.74, 6) is 1.26. The molecule has 0 saturated heterocycles. The first kappa shape index (κ1) is 28.9. The number of fused-ring (bicyclic) bond motifs is 2. The van der Waals surface area contributed by atoms with Crippen LogP contribution in [0.5, 0.6) is 5.75 Å². The predicted octanol–water partition coefficient (Wildman–Crippen LogP) is 7.06. The Morgan fingerprint density at radius 1 is 0.949 bits per heavy atom. The van der Waals surface area contributed by atoms with Crippen molar-refractivity contribution in [2.24, 2.45) is 5.92 Å². The third-order valence-corrected chi connectivity index (χ3v) is 7.54. The molecule has 1 atom stereocenters. The van der Waals surface area contributed by atoms with Gasteiger partial charge < -0.3 is 19.0 Å². The van der Waals surface area contributed by atoms with Crippen LogP contribution < -0.4 is 10.2 Å². The van der Waals surface area contributed by atoms with Gasteiger partial charge in [-0.1, -0.05) is 64.8 Å². The molecule has 0 fully saturated rings. The quantitative estimate of drug-likeness (QED) is 0.210. The average molecular weight is 533 g/mol. The number of hydrogen-bond donors (Lipinski definition) is 0. The summed E-state index contributed by atoms with van der Waals surface area (Å²) in [5, 5.41) is 0.505. The highest BCUT2D eigenvalue weighted by molar-refractivity contribution is 5.99. The van der Waals surface area contributed by atoms with Crippen molar-refractivity contribution in [3.8, 4) is 5.75 Å². The van der Waals surface area contributed by atoms with Crippen LogP contribution in [0.1, 0.15) is 93.9 Å². The van der Waals surface area contributed by atoms with E-state index < -0.39 is 6.04 Å². The van der Waals surface area contributed by atoms with E-state index in [-0.39, 0.29) is 17.1 Å². The molecule has 4 rings (SSSR count). The molecule has 0 radical (unpaired) electrons. The molecule has 0 N–H and O–H groups in total. The summed E-state index contributed by atoms with van der Waals surface area (Å²) in [6.45, 7) is 13.1. The molecule has 39 heavy (non-hydrogen) atoms. The molecule has 6 heteroatoms. The first-order valence-electron chi connectivity index (χ1n) is 14.8. The average Bonchev–Trinajstić information content (AvgIpc) is 3.21. The van der Waals surface area contributed by atoms with E-state index in [9.17, 15) is 9.59 Å². The molecule has 6 nitrogen and oxygen atoms in total. The fourth-order valence-electron chi connectivity index (χ4n) is 5.29. The van der Waals surface area contributed by atoms with Gasteiger partial charge in [0.1, 0.15) is 11.3 Å². The zero-order valence-electron chi connectivity index (χ0n) is 24.1. The van der Waals surface area contributed by atoms with Gasteiger partial charge in [0.05, 0.1) is 23.6 Å². The Balaban J connectivity index is 1.65. The molecule has 0 saturated carbocycles. The summed E-state index contributed by atoms with van der Waals surface area (Å²) in [5.41, 5.74) is 1.63. The molecule has 210 valence electrons. The molecular formula is C33H44N2O4. The van der Waals surface area contributed by atoms with Crippen molar-refractivity contribution in [2.45, 2.75) is 72.3 Å². The van der Waals surface area contributed by atoms with Crippen molar-refractivity contribution in [3.63, 3.8) is 0 Å². The van der Waals surface area contributed by atoms with Gasteiger partial charge in [0.15, 0.2) is 5.43 Å². The SMILES string of the molecule is CCCCN(CCCC)CCCN1C(=O)c2oc3ccccc3c(=O)c2C1c1cccc(OCCC(C)C)c1. The fourth-order valence-corrected chi connectivity index (χ4v) is 5.29. The van der Waals surface area contributed by atoms with Crippen LogP contribution in [-0.2, 0) is 0 Å². The number of carbonyl (C=O) groups excluding carboxylic acids is 1. The van der Waals surface area contributed by atoms with Gasteiger partial charge in [-0.25, -0.2) is 0 Å². The minimum atomic E-state index is -0.498. The van der Waals surface area contributed by atoms with Crippen LogP contribution in [0.15, 0.2) is 57.7 Å². The largest absolute Gasteiger partial charge is 0.494 e. The summed E-state index contributed by atoms with van der Waals surface area (Å²) in [7, 11) is 0. The molecule has 2 aromatic carbocycles. The third-order valence-electron chi connectivity index (χ3n) is 7.54. The number of para-hydroxylation sites is 1. The summed E-state index contributed by atoms with van der Waals surface area (Å²) in [4.78, 5) is 31.9. The van der Waals surface area contributed by atoms with Gasteiger partial charge in [-0.3, -0.25) is 9.59 Å². The molecule has 3 aromatic rings. The van der Waals surface area contributed by atoms with Crippen LogP contribution in [0, 0.1) is 5.92 Å². The van der Waals surface area contributed by atoms with Gasteiger partial charge in [0.25, 0.3) is 5.91 Å². The maximum Gasteiger partial charge on any atom is 0.290 e. The molecular weight excluding hydrogens is 488 g/mol. The van der Waals surface area contributed by atoms with Crippen LogP contribution >= 0.6 is 0 Å². The Bertz CT molecular complexity index is 1290. The van der Waals surface area contributed by atoms with Gasteiger partial charge in [-0.05, 0) is 81.1 Å². The number of benzene rings is 2. The lowest BCUT2D eigenvalue weighted by atomic mass is 9.98. The molecule has 1 aromatic heterocycles. The van der Waals surface area contributed by atoms with Crippen molar-refractivity contribution in [1.82, 2.24) is 9.80 Å². The summed E-state index contributed by atoms with van der Waals surface area (Å²) >= 11 is 0. The Labute approximate surface area is 232 Å². The van der Waals surface area contributed by atoms with Crippen molar-refractivity contribution in [1.29, 1.82) is 0 Å². The van der Waals surface area contributed by atoms with Crippen LogP contribution in [-0.4, -0.2) is 48.5 Å². The maximum absolute atomic E-state index is 13.8. The Hall–Kier alpha value is -3.12. The van der Waals surface area contributed by atoms with E-state index in [1.165, 1.54) is 25.7 Å². The highest BCUT2D eigenvalue weighted by Crippen LogP contribution is 2.39. The maximum atomic E-state index is 13.8. The first-order valence-corrected chi connectivity index (χ1v) is 14.8. The van der Waals surface area contributed by atoms with Crippen molar-refractivity contribution in [3.05, 3.63) is 75.6 Å². The van der Waals surface area contributed by atoms with E-state index in [1.54, 1.807) is 12.1 Å². The highest BCUT2D eigenvalue weighted by Gasteiger charge is 2.42. The van der Waals surface area contributed by atoms with E-state index in [4.69, 9.17) is 9.15 Å². The lowest BCUT2D eigenvalue weighted by Gasteiger charge is -2.27. The molecule has 0 bridgehead atoms. The zero-order valence-corrected chi connectivity index (χ0v) is 24.1. The van der Waals surface area contributed by atoms with Crippen molar-refractivity contribution in [2.75, 3.05) is 32.8 Å². The molecule has 1 amide bonds. The number of rotatable bonds is 15. The molecule has 0 spiro atoms. The summed E-state index contributed by atoms with van der Waals surface area (Å²) < 4.78 is 12.1. The lowest BCUT2D eigenvalue weighted by molar-refractivity contribution is 0.0719. The minimum absolute atomic E-state index is 0.133. The second-order valence-corrected chi connectivity index (χ2v) is 11.1. The highest BCUT2D eigenvalue weighted by atomic mass is 16.5. The molecule has 1 aliphatic heterocycles.